The Morgan fingerprint density at radius 3 is 2.94 bits per heavy atom. The van der Waals surface area contributed by atoms with Gasteiger partial charge in [0.25, 0.3) is 0 Å². The SMILES string of the molecule is Nc1ccc(OCc2ccco2)c2ccncc12. The normalized spacial score (nSPS) is 10.7. The second-order valence-corrected chi connectivity index (χ2v) is 3.94. The standard InChI is InChI=1S/C14H12N2O2/c15-13-3-4-14(11-5-6-16-8-12(11)13)18-9-10-2-1-7-17-10/h1-8H,9,15H2. The van der Waals surface area contributed by atoms with E-state index in [2.05, 4.69) is 4.98 Å². The summed E-state index contributed by atoms with van der Waals surface area (Å²) in [5.41, 5.74) is 6.60. The van der Waals surface area contributed by atoms with Gasteiger partial charge in [-0.15, -0.1) is 0 Å². The Morgan fingerprint density at radius 1 is 1.17 bits per heavy atom. The van der Waals surface area contributed by atoms with Crippen molar-refractivity contribution in [1.29, 1.82) is 0 Å². The third kappa shape index (κ3) is 1.88. The summed E-state index contributed by atoms with van der Waals surface area (Å²) < 4.78 is 11.0. The molecule has 0 fully saturated rings. The van der Waals surface area contributed by atoms with Crippen molar-refractivity contribution in [3.63, 3.8) is 0 Å². The molecule has 0 aliphatic rings. The number of hydrogen-bond acceptors (Lipinski definition) is 4. The molecule has 0 unspecified atom stereocenters. The molecule has 90 valence electrons. The number of anilines is 1. The molecule has 0 aliphatic carbocycles. The van der Waals surface area contributed by atoms with Crippen molar-refractivity contribution in [2.45, 2.75) is 6.61 Å². The van der Waals surface area contributed by atoms with E-state index in [-0.39, 0.29) is 0 Å². The predicted octanol–water partition coefficient (Wildman–Crippen LogP) is 2.99. The molecule has 2 aromatic heterocycles. The molecule has 0 saturated carbocycles. The van der Waals surface area contributed by atoms with Crippen LogP contribution in [0, 0.1) is 0 Å². The van der Waals surface area contributed by atoms with E-state index in [1.54, 1.807) is 18.7 Å². The predicted molar refractivity (Wildman–Crippen MR) is 69.2 cm³/mol. The van der Waals surface area contributed by atoms with Crippen LogP contribution in [-0.4, -0.2) is 4.98 Å². The van der Waals surface area contributed by atoms with Gasteiger partial charge in [0, 0.05) is 28.9 Å². The van der Waals surface area contributed by atoms with Gasteiger partial charge in [0.2, 0.25) is 0 Å². The van der Waals surface area contributed by atoms with E-state index < -0.39 is 0 Å². The van der Waals surface area contributed by atoms with Crippen LogP contribution in [0.25, 0.3) is 10.8 Å². The zero-order chi connectivity index (χ0) is 12.4. The molecule has 0 aliphatic heterocycles. The summed E-state index contributed by atoms with van der Waals surface area (Å²) in [7, 11) is 0. The van der Waals surface area contributed by atoms with E-state index in [1.165, 1.54) is 0 Å². The fourth-order valence-corrected chi connectivity index (χ4v) is 1.85. The quantitative estimate of drug-likeness (QED) is 0.715. The fraction of sp³-hybridized carbons (Fsp3) is 0.0714. The van der Waals surface area contributed by atoms with Crippen LogP contribution in [0.2, 0.25) is 0 Å². The summed E-state index contributed by atoms with van der Waals surface area (Å²) in [6.07, 6.45) is 5.09. The van der Waals surface area contributed by atoms with Gasteiger partial charge in [-0.2, -0.15) is 0 Å². The summed E-state index contributed by atoms with van der Waals surface area (Å²) >= 11 is 0. The molecule has 0 saturated heterocycles. The van der Waals surface area contributed by atoms with Crippen LogP contribution in [0.4, 0.5) is 5.69 Å². The zero-order valence-electron chi connectivity index (χ0n) is 9.67. The number of nitrogen functional groups attached to an aromatic ring is 1. The maximum absolute atomic E-state index is 5.90. The highest BCUT2D eigenvalue weighted by Crippen LogP contribution is 2.29. The second-order valence-electron chi connectivity index (χ2n) is 3.94. The van der Waals surface area contributed by atoms with Gasteiger partial charge in [-0.3, -0.25) is 4.98 Å². The minimum Gasteiger partial charge on any atom is -0.485 e. The Morgan fingerprint density at radius 2 is 2.11 bits per heavy atom. The molecule has 0 spiro atoms. The van der Waals surface area contributed by atoms with Crippen LogP contribution < -0.4 is 10.5 Å². The van der Waals surface area contributed by atoms with Gasteiger partial charge >= 0.3 is 0 Å². The van der Waals surface area contributed by atoms with Gasteiger partial charge in [0.05, 0.1) is 6.26 Å². The van der Waals surface area contributed by atoms with Crippen LogP contribution in [-0.2, 0) is 6.61 Å². The number of ether oxygens (including phenoxy) is 1. The maximum Gasteiger partial charge on any atom is 0.146 e. The average Bonchev–Trinajstić information content (AvgIpc) is 2.92. The highest BCUT2D eigenvalue weighted by Gasteiger charge is 2.06. The molecular weight excluding hydrogens is 228 g/mol. The lowest BCUT2D eigenvalue weighted by Crippen LogP contribution is -1.96. The van der Waals surface area contributed by atoms with Gasteiger partial charge in [-0.25, -0.2) is 0 Å². The zero-order valence-corrected chi connectivity index (χ0v) is 9.67. The van der Waals surface area contributed by atoms with Crippen molar-refractivity contribution in [3.8, 4) is 5.75 Å². The molecule has 4 nitrogen and oxygen atoms in total. The van der Waals surface area contributed by atoms with Gasteiger partial charge in [-0.1, -0.05) is 0 Å². The number of fused-ring (bicyclic) bond motifs is 1. The monoisotopic (exact) mass is 240 g/mol. The lowest BCUT2D eigenvalue weighted by molar-refractivity contribution is 0.273. The molecule has 2 heterocycles. The van der Waals surface area contributed by atoms with Gasteiger partial charge in [0.1, 0.15) is 18.1 Å². The van der Waals surface area contributed by atoms with Crippen molar-refractivity contribution in [3.05, 3.63) is 54.7 Å². The molecule has 4 heteroatoms. The smallest absolute Gasteiger partial charge is 0.146 e. The minimum atomic E-state index is 0.397. The van der Waals surface area contributed by atoms with Gasteiger partial charge in [-0.05, 0) is 30.3 Å². The van der Waals surface area contributed by atoms with E-state index in [0.717, 1.165) is 22.3 Å². The summed E-state index contributed by atoms with van der Waals surface area (Å²) in [6, 6.07) is 9.29. The molecule has 2 N–H and O–H groups in total. The summed E-state index contributed by atoms with van der Waals surface area (Å²) in [4.78, 5) is 4.07. The number of nitrogens with zero attached hydrogens (tertiary/aromatic N) is 1. The molecule has 1 aromatic carbocycles. The summed E-state index contributed by atoms with van der Waals surface area (Å²) in [5, 5.41) is 1.85. The van der Waals surface area contributed by atoms with Crippen molar-refractivity contribution in [2.75, 3.05) is 5.73 Å². The summed E-state index contributed by atoms with van der Waals surface area (Å²) in [6.45, 7) is 0.397. The Bertz CT molecular complexity index is 663. The van der Waals surface area contributed by atoms with Crippen molar-refractivity contribution >= 4 is 16.5 Å². The average molecular weight is 240 g/mol. The first-order chi connectivity index (χ1) is 8.84. The number of benzene rings is 1. The first-order valence-electron chi connectivity index (χ1n) is 5.62. The first kappa shape index (κ1) is 10.7. The van der Waals surface area contributed by atoms with Gasteiger partial charge in [0.15, 0.2) is 0 Å². The Hall–Kier alpha value is -2.49. The van der Waals surface area contributed by atoms with E-state index >= 15 is 0 Å². The highest BCUT2D eigenvalue weighted by atomic mass is 16.5. The number of rotatable bonds is 3. The first-order valence-corrected chi connectivity index (χ1v) is 5.62. The topological polar surface area (TPSA) is 61.3 Å². The second kappa shape index (κ2) is 4.41. The van der Waals surface area contributed by atoms with Crippen LogP contribution in [0.5, 0.6) is 5.75 Å². The maximum atomic E-state index is 5.90. The van der Waals surface area contributed by atoms with Crippen molar-refractivity contribution < 1.29 is 9.15 Å². The fourth-order valence-electron chi connectivity index (χ4n) is 1.85. The summed E-state index contributed by atoms with van der Waals surface area (Å²) in [5.74, 6) is 1.56. The van der Waals surface area contributed by atoms with E-state index in [4.69, 9.17) is 14.9 Å². The lowest BCUT2D eigenvalue weighted by atomic mass is 10.1. The molecule has 0 bridgehead atoms. The third-order valence-electron chi connectivity index (χ3n) is 2.76. The van der Waals surface area contributed by atoms with E-state index in [0.29, 0.717) is 12.3 Å². The molecule has 3 rings (SSSR count). The number of nitrogens with two attached hydrogens (primary N) is 1. The van der Waals surface area contributed by atoms with E-state index in [1.807, 2.05) is 30.3 Å². The Kier molecular flexibility index (Phi) is 2.61. The Balaban J connectivity index is 1.94. The highest BCUT2D eigenvalue weighted by molar-refractivity contribution is 5.96. The Labute approximate surface area is 104 Å². The molecule has 0 amide bonds. The van der Waals surface area contributed by atoms with Crippen LogP contribution >= 0.6 is 0 Å². The van der Waals surface area contributed by atoms with Crippen LogP contribution in [0.15, 0.2) is 53.4 Å². The molecule has 0 atom stereocenters. The minimum absolute atomic E-state index is 0.397. The van der Waals surface area contributed by atoms with E-state index in [9.17, 15) is 0 Å². The van der Waals surface area contributed by atoms with Crippen LogP contribution in [0.3, 0.4) is 0 Å². The number of pyridine rings is 1. The lowest BCUT2D eigenvalue weighted by Gasteiger charge is -2.09. The third-order valence-corrected chi connectivity index (χ3v) is 2.76. The van der Waals surface area contributed by atoms with Crippen LogP contribution in [0.1, 0.15) is 5.76 Å². The van der Waals surface area contributed by atoms with Gasteiger partial charge < -0.3 is 14.9 Å². The molecular formula is C14H12N2O2. The largest absolute Gasteiger partial charge is 0.485 e. The number of hydrogen-bond donors (Lipinski definition) is 1. The van der Waals surface area contributed by atoms with Crippen molar-refractivity contribution in [2.24, 2.45) is 0 Å². The number of furan rings is 1. The number of aromatic nitrogens is 1. The molecule has 3 aromatic rings. The van der Waals surface area contributed by atoms with Crippen molar-refractivity contribution in [1.82, 2.24) is 4.98 Å². The molecule has 0 radical (unpaired) electrons. The molecule has 18 heavy (non-hydrogen) atoms.